The SMILES string of the molecule is O=C(O)C[C@@H]1CNC2(CCCC2)CO1. The number of rotatable bonds is 2. The normalized spacial score (nSPS) is 30.7. The lowest BCUT2D eigenvalue weighted by atomic mass is 9.96. The molecule has 4 heteroatoms. The zero-order chi connectivity index (χ0) is 10.0. The summed E-state index contributed by atoms with van der Waals surface area (Å²) in [4.78, 5) is 10.5. The molecular formula is C10H17NO3. The van der Waals surface area contributed by atoms with Crippen LogP contribution in [0.25, 0.3) is 0 Å². The van der Waals surface area contributed by atoms with Gasteiger partial charge in [-0.15, -0.1) is 0 Å². The third kappa shape index (κ3) is 2.07. The van der Waals surface area contributed by atoms with Crippen LogP contribution >= 0.6 is 0 Å². The average Bonchev–Trinajstić information content (AvgIpc) is 2.58. The minimum absolute atomic E-state index is 0.114. The Bertz CT molecular complexity index is 213. The third-order valence-corrected chi connectivity index (χ3v) is 3.26. The van der Waals surface area contributed by atoms with E-state index in [1.54, 1.807) is 0 Å². The van der Waals surface area contributed by atoms with E-state index in [4.69, 9.17) is 9.84 Å². The number of nitrogens with one attached hydrogen (secondary N) is 1. The van der Waals surface area contributed by atoms with Crippen LogP contribution in [0.2, 0.25) is 0 Å². The van der Waals surface area contributed by atoms with Gasteiger partial charge in [0.1, 0.15) is 0 Å². The van der Waals surface area contributed by atoms with E-state index in [9.17, 15) is 4.79 Å². The first-order valence-corrected chi connectivity index (χ1v) is 5.29. The van der Waals surface area contributed by atoms with Gasteiger partial charge in [-0.1, -0.05) is 12.8 Å². The highest BCUT2D eigenvalue weighted by Gasteiger charge is 2.38. The summed E-state index contributed by atoms with van der Waals surface area (Å²) in [5.74, 6) is -0.779. The van der Waals surface area contributed by atoms with Crippen LogP contribution in [0.1, 0.15) is 32.1 Å². The Morgan fingerprint density at radius 1 is 1.50 bits per heavy atom. The van der Waals surface area contributed by atoms with Crippen molar-refractivity contribution in [2.24, 2.45) is 0 Å². The predicted molar refractivity (Wildman–Crippen MR) is 51.2 cm³/mol. The molecule has 0 amide bonds. The zero-order valence-electron chi connectivity index (χ0n) is 8.29. The molecule has 1 spiro atoms. The van der Waals surface area contributed by atoms with Crippen molar-refractivity contribution in [3.63, 3.8) is 0 Å². The van der Waals surface area contributed by atoms with Gasteiger partial charge in [-0.2, -0.15) is 0 Å². The molecule has 0 radical (unpaired) electrons. The first-order valence-electron chi connectivity index (χ1n) is 5.29. The van der Waals surface area contributed by atoms with E-state index in [0.29, 0.717) is 13.2 Å². The summed E-state index contributed by atoms with van der Waals surface area (Å²) >= 11 is 0. The summed E-state index contributed by atoms with van der Waals surface area (Å²) in [5, 5.41) is 12.1. The van der Waals surface area contributed by atoms with Crippen molar-refractivity contribution in [2.75, 3.05) is 13.2 Å². The molecule has 1 heterocycles. The lowest BCUT2D eigenvalue weighted by Gasteiger charge is -2.38. The molecule has 2 aliphatic rings. The lowest BCUT2D eigenvalue weighted by molar-refractivity contribution is -0.142. The second-order valence-corrected chi connectivity index (χ2v) is 4.40. The van der Waals surface area contributed by atoms with E-state index in [2.05, 4.69) is 5.32 Å². The molecule has 0 bridgehead atoms. The smallest absolute Gasteiger partial charge is 0.306 e. The quantitative estimate of drug-likeness (QED) is 0.689. The van der Waals surface area contributed by atoms with Gasteiger partial charge in [-0.3, -0.25) is 4.79 Å². The zero-order valence-corrected chi connectivity index (χ0v) is 8.29. The molecule has 14 heavy (non-hydrogen) atoms. The maximum atomic E-state index is 10.5. The van der Waals surface area contributed by atoms with Crippen LogP contribution in [0, 0.1) is 0 Å². The van der Waals surface area contributed by atoms with Crippen LogP contribution in [0.4, 0.5) is 0 Å². The Morgan fingerprint density at radius 3 is 2.71 bits per heavy atom. The Balaban J connectivity index is 1.82. The predicted octanol–water partition coefficient (Wildman–Crippen LogP) is 0.762. The standard InChI is InChI=1S/C10H17NO3/c12-9(13)5-8-6-11-10(7-14-8)3-1-2-4-10/h8,11H,1-7H2,(H,12,13)/t8-/m1/s1. The summed E-state index contributed by atoms with van der Waals surface area (Å²) in [7, 11) is 0. The number of morpholine rings is 1. The molecule has 1 saturated carbocycles. The molecule has 1 saturated heterocycles. The van der Waals surface area contributed by atoms with Gasteiger partial charge in [0.25, 0.3) is 0 Å². The Morgan fingerprint density at radius 2 is 2.21 bits per heavy atom. The first-order chi connectivity index (χ1) is 6.70. The van der Waals surface area contributed by atoms with Gasteiger partial charge >= 0.3 is 5.97 Å². The van der Waals surface area contributed by atoms with Crippen LogP contribution in [0.5, 0.6) is 0 Å². The van der Waals surface area contributed by atoms with Gasteiger partial charge in [-0.25, -0.2) is 0 Å². The number of aliphatic carboxylic acids is 1. The van der Waals surface area contributed by atoms with Gasteiger partial charge in [-0.05, 0) is 12.8 Å². The molecule has 80 valence electrons. The number of carboxylic acid groups (broad SMARTS) is 1. The van der Waals surface area contributed by atoms with Gasteiger partial charge in [0.2, 0.25) is 0 Å². The van der Waals surface area contributed by atoms with E-state index in [1.807, 2.05) is 0 Å². The fourth-order valence-corrected chi connectivity index (χ4v) is 2.42. The van der Waals surface area contributed by atoms with Gasteiger partial charge < -0.3 is 15.2 Å². The van der Waals surface area contributed by atoms with Crippen molar-refractivity contribution in [1.29, 1.82) is 0 Å². The highest BCUT2D eigenvalue weighted by molar-refractivity contribution is 5.67. The second-order valence-electron chi connectivity index (χ2n) is 4.40. The molecule has 1 aliphatic heterocycles. The van der Waals surface area contributed by atoms with Crippen LogP contribution in [-0.2, 0) is 9.53 Å². The summed E-state index contributed by atoms with van der Waals surface area (Å²) < 4.78 is 5.58. The molecule has 2 fully saturated rings. The monoisotopic (exact) mass is 199 g/mol. The summed E-state index contributed by atoms with van der Waals surface area (Å²) in [6.07, 6.45) is 4.85. The van der Waals surface area contributed by atoms with E-state index >= 15 is 0 Å². The molecule has 2 rings (SSSR count). The van der Waals surface area contributed by atoms with Crippen molar-refractivity contribution in [3.8, 4) is 0 Å². The summed E-state index contributed by atoms with van der Waals surface area (Å²) in [6, 6.07) is 0. The highest BCUT2D eigenvalue weighted by atomic mass is 16.5. The number of carboxylic acids is 1. The van der Waals surface area contributed by atoms with Crippen molar-refractivity contribution >= 4 is 5.97 Å². The third-order valence-electron chi connectivity index (χ3n) is 3.26. The molecule has 1 aliphatic carbocycles. The second kappa shape index (κ2) is 3.87. The number of hydrogen-bond donors (Lipinski definition) is 2. The lowest BCUT2D eigenvalue weighted by Crippen LogP contribution is -2.55. The van der Waals surface area contributed by atoms with E-state index < -0.39 is 5.97 Å². The van der Waals surface area contributed by atoms with Crippen molar-refractivity contribution in [2.45, 2.75) is 43.7 Å². The number of carbonyl (C=O) groups is 1. The summed E-state index contributed by atoms with van der Waals surface area (Å²) in [5.41, 5.74) is 0.176. The number of hydrogen-bond acceptors (Lipinski definition) is 3. The van der Waals surface area contributed by atoms with E-state index in [-0.39, 0.29) is 18.1 Å². The number of ether oxygens (including phenoxy) is 1. The van der Waals surface area contributed by atoms with Crippen molar-refractivity contribution < 1.29 is 14.6 Å². The van der Waals surface area contributed by atoms with Crippen LogP contribution in [0.15, 0.2) is 0 Å². The topological polar surface area (TPSA) is 58.6 Å². The highest BCUT2D eigenvalue weighted by Crippen LogP contribution is 2.32. The molecule has 0 unspecified atom stereocenters. The van der Waals surface area contributed by atoms with Crippen LogP contribution < -0.4 is 5.32 Å². The molecular weight excluding hydrogens is 182 g/mol. The molecule has 0 aromatic rings. The Kier molecular flexibility index (Phi) is 2.74. The van der Waals surface area contributed by atoms with Gasteiger partial charge in [0.05, 0.1) is 19.1 Å². The van der Waals surface area contributed by atoms with E-state index in [1.165, 1.54) is 25.7 Å². The minimum Gasteiger partial charge on any atom is -0.481 e. The van der Waals surface area contributed by atoms with E-state index in [0.717, 1.165) is 0 Å². The molecule has 0 aromatic carbocycles. The maximum Gasteiger partial charge on any atom is 0.306 e. The molecule has 2 N–H and O–H groups in total. The van der Waals surface area contributed by atoms with Gasteiger partial charge in [0, 0.05) is 12.1 Å². The van der Waals surface area contributed by atoms with Gasteiger partial charge in [0.15, 0.2) is 0 Å². The maximum absolute atomic E-state index is 10.5. The fraction of sp³-hybridized carbons (Fsp3) is 0.900. The van der Waals surface area contributed by atoms with Crippen LogP contribution in [-0.4, -0.2) is 35.9 Å². The Labute approximate surface area is 83.6 Å². The largest absolute Gasteiger partial charge is 0.481 e. The Hall–Kier alpha value is -0.610. The molecule has 0 aromatic heterocycles. The van der Waals surface area contributed by atoms with Crippen molar-refractivity contribution in [3.05, 3.63) is 0 Å². The average molecular weight is 199 g/mol. The minimum atomic E-state index is -0.779. The molecule has 4 nitrogen and oxygen atoms in total. The van der Waals surface area contributed by atoms with Crippen LogP contribution in [0.3, 0.4) is 0 Å². The summed E-state index contributed by atoms with van der Waals surface area (Å²) in [6.45, 7) is 1.37. The molecule has 1 atom stereocenters. The fourth-order valence-electron chi connectivity index (χ4n) is 2.42. The van der Waals surface area contributed by atoms with Crippen molar-refractivity contribution in [1.82, 2.24) is 5.32 Å². The first kappa shape index (κ1) is 9.93.